The second-order valence-corrected chi connectivity index (χ2v) is 22.8. The van der Waals surface area contributed by atoms with Crippen LogP contribution in [0.25, 0.3) is 0 Å². The Bertz CT molecular complexity index is 1200. The Labute approximate surface area is 462 Å². The second kappa shape index (κ2) is 63.6. The van der Waals surface area contributed by atoms with Crippen LogP contribution in [0.1, 0.15) is 361 Å². The summed E-state index contributed by atoms with van der Waals surface area (Å²) in [6.07, 6.45) is 80.2. The fraction of sp³-hybridized carbons (Fsp3) is 0.882. The van der Waals surface area contributed by atoms with Gasteiger partial charge >= 0.3 is 5.97 Å². The van der Waals surface area contributed by atoms with Crippen molar-refractivity contribution in [3.8, 4) is 0 Å². The summed E-state index contributed by atoms with van der Waals surface area (Å²) in [5.41, 5.74) is 0. The first-order valence-corrected chi connectivity index (χ1v) is 33.3. The average molecular weight is 1040 g/mol. The minimum absolute atomic E-state index is 0.0132. The van der Waals surface area contributed by atoms with Gasteiger partial charge in [0.2, 0.25) is 5.91 Å². The van der Waals surface area contributed by atoms with Gasteiger partial charge in [0.25, 0.3) is 0 Å². The molecule has 0 aromatic heterocycles. The Morgan fingerprint density at radius 2 is 0.676 bits per heavy atom. The molecule has 0 aliphatic carbocycles. The lowest BCUT2D eigenvalue weighted by Gasteiger charge is -2.22. The number of unbranched alkanes of at least 4 members (excludes halogenated alkanes) is 46. The highest BCUT2D eigenvalue weighted by Crippen LogP contribution is 2.18. The van der Waals surface area contributed by atoms with E-state index >= 15 is 0 Å². The Hall–Kier alpha value is -1.92. The van der Waals surface area contributed by atoms with Gasteiger partial charge in [-0.15, -0.1) is 0 Å². The van der Waals surface area contributed by atoms with Crippen molar-refractivity contribution < 1.29 is 24.5 Å². The van der Waals surface area contributed by atoms with Crippen LogP contribution in [0.4, 0.5) is 0 Å². The van der Waals surface area contributed by atoms with Crippen LogP contribution < -0.4 is 5.32 Å². The molecule has 74 heavy (non-hydrogen) atoms. The van der Waals surface area contributed by atoms with Crippen LogP contribution in [-0.4, -0.2) is 47.4 Å². The van der Waals surface area contributed by atoms with Gasteiger partial charge in [-0.1, -0.05) is 301 Å². The molecule has 436 valence electrons. The van der Waals surface area contributed by atoms with Gasteiger partial charge < -0.3 is 20.3 Å². The highest BCUT2D eigenvalue weighted by atomic mass is 16.5. The molecule has 0 heterocycles. The number of hydrogen-bond donors (Lipinski definition) is 3. The molecule has 0 rings (SSSR count). The van der Waals surface area contributed by atoms with Crippen molar-refractivity contribution in [3.05, 3.63) is 36.5 Å². The maximum atomic E-state index is 12.5. The minimum atomic E-state index is -0.672. The molecule has 0 saturated heterocycles. The Morgan fingerprint density at radius 3 is 1.04 bits per heavy atom. The van der Waals surface area contributed by atoms with Crippen molar-refractivity contribution in [3.63, 3.8) is 0 Å². The lowest BCUT2D eigenvalue weighted by atomic mass is 10.0. The molecule has 6 nitrogen and oxygen atoms in total. The maximum absolute atomic E-state index is 12.5. The van der Waals surface area contributed by atoms with E-state index in [4.69, 9.17) is 4.74 Å². The number of amides is 1. The van der Waals surface area contributed by atoms with Crippen LogP contribution >= 0.6 is 0 Å². The van der Waals surface area contributed by atoms with Crippen molar-refractivity contribution in [2.75, 3.05) is 13.2 Å². The number of esters is 1. The summed E-state index contributed by atoms with van der Waals surface area (Å²) >= 11 is 0. The first kappa shape index (κ1) is 72.1. The lowest BCUT2D eigenvalue weighted by molar-refractivity contribution is -0.143. The maximum Gasteiger partial charge on any atom is 0.305 e. The first-order chi connectivity index (χ1) is 36.5. The van der Waals surface area contributed by atoms with E-state index in [9.17, 15) is 19.8 Å². The van der Waals surface area contributed by atoms with Gasteiger partial charge in [-0.2, -0.15) is 0 Å². The summed E-state index contributed by atoms with van der Waals surface area (Å²) in [6.45, 7) is 4.93. The molecular weight excluding hydrogens is 911 g/mol. The number of rotatable bonds is 62. The highest BCUT2D eigenvalue weighted by Gasteiger charge is 2.20. The smallest absolute Gasteiger partial charge is 0.305 e. The quantitative estimate of drug-likeness (QED) is 0.0244. The zero-order valence-corrected chi connectivity index (χ0v) is 49.8. The number of aliphatic hydroxyl groups is 2. The van der Waals surface area contributed by atoms with Crippen LogP contribution in [0.15, 0.2) is 36.5 Å². The third-order valence-corrected chi connectivity index (χ3v) is 15.4. The zero-order valence-electron chi connectivity index (χ0n) is 49.8. The number of carbonyl (C=O) groups is 2. The van der Waals surface area contributed by atoms with Crippen molar-refractivity contribution in [2.45, 2.75) is 373 Å². The SMILES string of the molecule is CCCCCCCC/C=C\CCCCCCCCCCCC(=O)OCCCCC/C=C\C=C/CCCCCCCCCCCCC(=O)NC(CO)C(O)CCCCCCCCCCCCCCCCCCCCC. The molecule has 0 aromatic carbocycles. The summed E-state index contributed by atoms with van der Waals surface area (Å²) in [6, 6.07) is -0.550. The first-order valence-electron chi connectivity index (χ1n) is 33.3. The van der Waals surface area contributed by atoms with Gasteiger partial charge in [-0.3, -0.25) is 9.59 Å². The Kier molecular flexibility index (Phi) is 62.0. The molecule has 0 aromatic rings. The number of hydrogen-bond acceptors (Lipinski definition) is 5. The molecule has 0 radical (unpaired) electrons. The van der Waals surface area contributed by atoms with Crippen molar-refractivity contribution in [2.24, 2.45) is 0 Å². The molecule has 0 aliphatic rings. The van der Waals surface area contributed by atoms with E-state index in [1.54, 1.807) is 0 Å². The molecule has 0 saturated carbocycles. The van der Waals surface area contributed by atoms with Crippen molar-refractivity contribution >= 4 is 11.9 Å². The summed E-state index contributed by atoms with van der Waals surface area (Å²) in [5.74, 6) is -0.0552. The van der Waals surface area contributed by atoms with Gasteiger partial charge in [0.15, 0.2) is 0 Å². The molecule has 6 heteroatoms. The van der Waals surface area contributed by atoms with E-state index in [1.165, 1.54) is 257 Å². The molecule has 0 bridgehead atoms. The third-order valence-electron chi connectivity index (χ3n) is 15.4. The van der Waals surface area contributed by atoms with Crippen LogP contribution in [0.5, 0.6) is 0 Å². The van der Waals surface area contributed by atoms with E-state index in [2.05, 4.69) is 55.6 Å². The third kappa shape index (κ3) is 59.3. The predicted molar refractivity (Wildman–Crippen MR) is 324 cm³/mol. The van der Waals surface area contributed by atoms with E-state index in [1.807, 2.05) is 0 Å². The molecule has 0 aliphatic heterocycles. The van der Waals surface area contributed by atoms with Crippen LogP contribution in [0.2, 0.25) is 0 Å². The molecule has 2 unspecified atom stereocenters. The Balaban J connectivity index is 3.46. The zero-order chi connectivity index (χ0) is 53.6. The lowest BCUT2D eigenvalue weighted by Crippen LogP contribution is -2.45. The fourth-order valence-electron chi connectivity index (χ4n) is 10.3. The summed E-state index contributed by atoms with van der Waals surface area (Å²) in [7, 11) is 0. The van der Waals surface area contributed by atoms with Crippen molar-refractivity contribution in [1.82, 2.24) is 5.32 Å². The van der Waals surface area contributed by atoms with Crippen LogP contribution in [0.3, 0.4) is 0 Å². The predicted octanol–water partition coefficient (Wildman–Crippen LogP) is 21.1. The average Bonchev–Trinajstić information content (AvgIpc) is 3.40. The standard InChI is InChI=1S/C68H129NO5/c1-3-5-7-9-11-13-15-17-19-21-24-28-32-36-40-44-48-52-56-60-66(71)65(64-70)69-67(72)61-57-53-49-45-41-37-33-29-26-23-27-31-35-39-43-47-51-55-59-63-74-68(73)62-58-54-50-46-42-38-34-30-25-22-20-18-16-14-12-10-8-6-4-2/h18,20,31,35,39,43,65-66,70-71H,3-17,19,21-30,32-34,36-38,40-42,44-64H2,1-2H3,(H,69,72)/b20-18-,35-31-,43-39-. The topological polar surface area (TPSA) is 95.9 Å². The fourth-order valence-corrected chi connectivity index (χ4v) is 10.3. The summed E-state index contributed by atoms with van der Waals surface area (Å²) in [4.78, 5) is 24.6. The molecule has 1 amide bonds. The summed E-state index contributed by atoms with van der Waals surface area (Å²) < 4.78 is 5.48. The molecule has 2 atom stereocenters. The molecular formula is C68H129NO5. The minimum Gasteiger partial charge on any atom is -0.466 e. The molecule has 0 spiro atoms. The monoisotopic (exact) mass is 1040 g/mol. The number of aliphatic hydroxyl groups excluding tert-OH is 2. The van der Waals surface area contributed by atoms with E-state index in [0.29, 0.717) is 25.9 Å². The van der Waals surface area contributed by atoms with E-state index < -0.39 is 12.1 Å². The van der Waals surface area contributed by atoms with Crippen LogP contribution in [-0.2, 0) is 14.3 Å². The number of carbonyl (C=O) groups excluding carboxylic acids is 2. The van der Waals surface area contributed by atoms with Crippen LogP contribution in [0, 0.1) is 0 Å². The van der Waals surface area contributed by atoms with E-state index in [0.717, 1.165) is 70.6 Å². The van der Waals surface area contributed by atoms with E-state index in [-0.39, 0.29) is 18.5 Å². The highest BCUT2D eigenvalue weighted by molar-refractivity contribution is 5.76. The number of ether oxygens (including phenoxy) is 1. The molecule has 0 fully saturated rings. The van der Waals surface area contributed by atoms with Gasteiger partial charge in [0, 0.05) is 12.8 Å². The van der Waals surface area contributed by atoms with Gasteiger partial charge in [0.1, 0.15) is 0 Å². The van der Waals surface area contributed by atoms with Crippen molar-refractivity contribution in [1.29, 1.82) is 0 Å². The van der Waals surface area contributed by atoms with Gasteiger partial charge in [-0.25, -0.2) is 0 Å². The number of allylic oxidation sites excluding steroid dienone is 6. The van der Waals surface area contributed by atoms with Gasteiger partial charge in [-0.05, 0) is 83.5 Å². The summed E-state index contributed by atoms with van der Waals surface area (Å²) in [5, 5.41) is 23.4. The molecule has 3 N–H and O–H groups in total. The largest absolute Gasteiger partial charge is 0.466 e. The second-order valence-electron chi connectivity index (χ2n) is 22.8. The normalized spacial score (nSPS) is 12.8. The Morgan fingerprint density at radius 1 is 0.378 bits per heavy atom. The number of nitrogens with one attached hydrogen (secondary N) is 1. The van der Waals surface area contributed by atoms with Gasteiger partial charge in [0.05, 0.1) is 25.4 Å².